The number of hydrogen-bond donors (Lipinski definition) is 0. The number of nitrogens with zero attached hydrogens (tertiary/aromatic N) is 4. The van der Waals surface area contributed by atoms with Crippen molar-refractivity contribution in [3.63, 3.8) is 0 Å². The summed E-state index contributed by atoms with van der Waals surface area (Å²) in [5.74, 6) is -0.159. The topological polar surface area (TPSA) is 67.7 Å². The Kier molecular flexibility index (Phi) is 4.00. The highest BCUT2D eigenvalue weighted by molar-refractivity contribution is 6.34. The summed E-state index contributed by atoms with van der Waals surface area (Å²) in [6.07, 6.45) is 1.91. The lowest BCUT2D eigenvalue weighted by Gasteiger charge is -2.25. The van der Waals surface area contributed by atoms with Gasteiger partial charge in [-0.1, -0.05) is 11.6 Å². The van der Waals surface area contributed by atoms with E-state index in [0.717, 1.165) is 18.5 Å². The zero-order valence-corrected chi connectivity index (χ0v) is 14.4. The predicted molar refractivity (Wildman–Crippen MR) is 84.6 cm³/mol. The molecule has 2 fully saturated rings. The Morgan fingerprint density at radius 3 is 2.61 bits per heavy atom. The van der Waals surface area contributed by atoms with Gasteiger partial charge < -0.3 is 14.5 Å². The molecule has 2 aliphatic rings. The van der Waals surface area contributed by atoms with Crippen LogP contribution in [-0.2, 0) is 11.8 Å². The van der Waals surface area contributed by atoms with Crippen LogP contribution in [0, 0.1) is 6.92 Å². The summed E-state index contributed by atoms with van der Waals surface area (Å²) < 4.78 is 7.18. The molecular formula is C15H21ClN4O3. The molecule has 0 bridgehead atoms. The van der Waals surface area contributed by atoms with Gasteiger partial charge in [-0.3, -0.25) is 9.48 Å². The van der Waals surface area contributed by atoms with Gasteiger partial charge in [-0.25, -0.2) is 4.79 Å². The summed E-state index contributed by atoms with van der Waals surface area (Å²) in [5, 5.41) is 4.63. The molecule has 1 aromatic heterocycles. The molecule has 23 heavy (non-hydrogen) atoms. The van der Waals surface area contributed by atoms with Gasteiger partial charge in [-0.2, -0.15) is 5.10 Å². The van der Waals surface area contributed by atoms with Crippen LogP contribution in [0.15, 0.2) is 0 Å². The van der Waals surface area contributed by atoms with E-state index in [0.29, 0.717) is 36.8 Å². The minimum Gasteiger partial charge on any atom is -0.441 e. The molecule has 0 N–H and O–H groups in total. The van der Waals surface area contributed by atoms with Crippen molar-refractivity contribution in [2.75, 3.05) is 26.7 Å². The number of rotatable bonds is 1. The average molecular weight is 341 g/mol. The lowest BCUT2D eigenvalue weighted by molar-refractivity contribution is 0.0438. The second kappa shape index (κ2) is 5.70. The number of likely N-dealkylation sites (N-methyl/N-ethyl adjacent to an activating group) is 1. The van der Waals surface area contributed by atoms with Crippen molar-refractivity contribution in [3.05, 3.63) is 16.4 Å². The number of halogens is 1. The number of hydrogen-bond acceptors (Lipinski definition) is 4. The fourth-order valence-corrected chi connectivity index (χ4v) is 3.53. The van der Waals surface area contributed by atoms with Crippen LogP contribution in [0.25, 0.3) is 0 Å². The van der Waals surface area contributed by atoms with E-state index in [4.69, 9.17) is 16.3 Å². The smallest absolute Gasteiger partial charge is 0.410 e. The minimum atomic E-state index is -0.468. The van der Waals surface area contributed by atoms with Gasteiger partial charge in [0, 0.05) is 33.6 Å². The summed E-state index contributed by atoms with van der Waals surface area (Å²) in [4.78, 5) is 27.7. The fourth-order valence-electron chi connectivity index (χ4n) is 3.29. The molecule has 0 aliphatic carbocycles. The standard InChI is InChI=1S/C15H21ClN4O3/c1-10-11(16)12(17-19(10)3)13(21)20-7-4-5-15(6-8-20)9-18(2)14(22)23-15/h4-9H2,1-3H3. The molecule has 1 atom stereocenters. The minimum absolute atomic E-state index is 0.159. The summed E-state index contributed by atoms with van der Waals surface area (Å²) in [6.45, 7) is 3.56. The number of likely N-dealkylation sites (tertiary alicyclic amines) is 1. The van der Waals surface area contributed by atoms with Crippen LogP contribution in [-0.4, -0.2) is 63.9 Å². The van der Waals surface area contributed by atoms with Crippen molar-refractivity contribution in [2.24, 2.45) is 7.05 Å². The van der Waals surface area contributed by atoms with Crippen LogP contribution in [0.3, 0.4) is 0 Å². The van der Waals surface area contributed by atoms with Crippen molar-refractivity contribution < 1.29 is 14.3 Å². The molecule has 126 valence electrons. The molecule has 3 heterocycles. The van der Waals surface area contributed by atoms with Gasteiger partial charge in [-0.15, -0.1) is 0 Å². The molecule has 8 heteroatoms. The van der Waals surface area contributed by atoms with E-state index >= 15 is 0 Å². The molecule has 2 saturated heterocycles. The molecule has 2 aliphatic heterocycles. The first-order valence-electron chi connectivity index (χ1n) is 7.75. The maximum absolute atomic E-state index is 12.7. The van der Waals surface area contributed by atoms with E-state index in [9.17, 15) is 9.59 Å². The number of aromatic nitrogens is 2. The summed E-state index contributed by atoms with van der Waals surface area (Å²) in [6, 6.07) is 0. The Bertz CT molecular complexity index is 659. The second-order valence-corrected chi connectivity index (χ2v) is 6.80. The zero-order valence-electron chi connectivity index (χ0n) is 13.6. The van der Waals surface area contributed by atoms with E-state index in [1.165, 1.54) is 0 Å². The Balaban J connectivity index is 1.74. The van der Waals surface area contributed by atoms with E-state index in [1.807, 2.05) is 6.92 Å². The fraction of sp³-hybridized carbons (Fsp3) is 0.667. The van der Waals surface area contributed by atoms with Gasteiger partial charge in [0.05, 0.1) is 17.3 Å². The second-order valence-electron chi connectivity index (χ2n) is 6.42. The van der Waals surface area contributed by atoms with Gasteiger partial charge >= 0.3 is 6.09 Å². The molecule has 0 aromatic carbocycles. The number of ether oxygens (including phenoxy) is 1. The average Bonchev–Trinajstić information content (AvgIpc) is 2.83. The van der Waals surface area contributed by atoms with Crippen molar-refractivity contribution in [2.45, 2.75) is 31.8 Å². The molecule has 1 spiro atoms. The van der Waals surface area contributed by atoms with Gasteiger partial charge in [0.1, 0.15) is 5.60 Å². The van der Waals surface area contributed by atoms with E-state index < -0.39 is 5.60 Å². The van der Waals surface area contributed by atoms with Crippen LogP contribution in [0.1, 0.15) is 35.4 Å². The first-order chi connectivity index (χ1) is 10.8. The van der Waals surface area contributed by atoms with Crippen molar-refractivity contribution in [3.8, 4) is 0 Å². The van der Waals surface area contributed by atoms with Gasteiger partial charge in [-0.05, 0) is 19.8 Å². The van der Waals surface area contributed by atoms with Crippen LogP contribution >= 0.6 is 11.6 Å². The third-order valence-electron chi connectivity index (χ3n) is 4.79. The molecule has 2 amide bonds. The molecule has 1 unspecified atom stereocenters. The summed E-state index contributed by atoms with van der Waals surface area (Å²) in [7, 11) is 3.50. The Morgan fingerprint density at radius 1 is 1.30 bits per heavy atom. The molecule has 1 aromatic rings. The van der Waals surface area contributed by atoms with Crippen LogP contribution in [0.2, 0.25) is 5.02 Å². The number of carbonyl (C=O) groups excluding carboxylic acids is 2. The van der Waals surface area contributed by atoms with Crippen LogP contribution < -0.4 is 0 Å². The quantitative estimate of drug-likeness (QED) is 0.782. The molecular weight excluding hydrogens is 320 g/mol. The maximum atomic E-state index is 12.7. The molecule has 3 rings (SSSR count). The van der Waals surface area contributed by atoms with Crippen LogP contribution in [0.4, 0.5) is 4.79 Å². The lowest BCUT2D eigenvalue weighted by Crippen LogP contribution is -2.37. The third kappa shape index (κ3) is 2.78. The summed E-state index contributed by atoms with van der Waals surface area (Å²) >= 11 is 6.22. The van der Waals surface area contributed by atoms with E-state index in [2.05, 4.69) is 5.10 Å². The lowest BCUT2D eigenvalue weighted by atomic mass is 9.95. The van der Waals surface area contributed by atoms with Crippen molar-refractivity contribution in [1.29, 1.82) is 0 Å². The first kappa shape index (κ1) is 16.1. The zero-order chi connectivity index (χ0) is 16.8. The van der Waals surface area contributed by atoms with Gasteiger partial charge in [0.2, 0.25) is 0 Å². The molecule has 7 nitrogen and oxygen atoms in total. The predicted octanol–water partition coefficient (Wildman–Crippen LogP) is 1.83. The Hall–Kier alpha value is -1.76. The third-order valence-corrected chi connectivity index (χ3v) is 5.24. The van der Waals surface area contributed by atoms with Gasteiger partial charge in [0.25, 0.3) is 5.91 Å². The number of carbonyl (C=O) groups is 2. The highest BCUT2D eigenvalue weighted by atomic mass is 35.5. The molecule has 0 saturated carbocycles. The largest absolute Gasteiger partial charge is 0.441 e. The highest BCUT2D eigenvalue weighted by Gasteiger charge is 2.45. The van der Waals surface area contributed by atoms with Crippen molar-refractivity contribution >= 4 is 23.6 Å². The monoisotopic (exact) mass is 340 g/mol. The van der Waals surface area contributed by atoms with E-state index in [-0.39, 0.29) is 12.0 Å². The Morgan fingerprint density at radius 2 is 2.04 bits per heavy atom. The van der Waals surface area contributed by atoms with E-state index in [1.54, 1.807) is 28.6 Å². The Labute approximate surface area is 140 Å². The SMILES string of the molecule is Cc1c(Cl)c(C(=O)N2CCCC3(CC2)CN(C)C(=O)O3)nn1C. The maximum Gasteiger partial charge on any atom is 0.410 e. The van der Waals surface area contributed by atoms with Crippen LogP contribution in [0.5, 0.6) is 0 Å². The highest BCUT2D eigenvalue weighted by Crippen LogP contribution is 2.33. The number of amides is 2. The normalized spacial score (nSPS) is 25.0. The summed E-state index contributed by atoms with van der Waals surface area (Å²) in [5.41, 5.74) is 0.598. The van der Waals surface area contributed by atoms with Gasteiger partial charge in [0.15, 0.2) is 5.69 Å². The first-order valence-corrected chi connectivity index (χ1v) is 8.13. The van der Waals surface area contributed by atoms with Crippen molar-refractivity contribution in [1.82, 2.24) is 19.6 Å². The number of aryl methyl sites for hydroxylation is 1. The molecule has 0 radical (unpaired) electrons.